The van der Waals surface area contributed by atoms with Gasteiger partial charge in [-0.3, -0.25) is 10.1 Å². The van der Waals surface area contributed by atoms with Gasteiger partial charge in [-0.25, -0.2) is 0 Å². The van der Waals surface area contributed by atoms with E-state index in [1.165, 1.54) is 0 Å². The maximum absolute atomic E-state index is 11.1. The number of likely N-dealkylation sites (N-methyl/N-ethyl adjacent to an activating group) is 1. The average molecular weight is 282 g/mol. The molecule has 0 atom stereocenters. The molecule has 0 aliphatic heterocycles. The van der Waals surface area contributed by atoms with Crippen LogP contribution >= 0.6 is 0 Å². The predicted molar refractivity (Wildman–Crippen MR) is 80.5 cm³/mol. The van der Waals surface area contributed by atoms with Gasteiger partial charge in [0.25, 0.3) is 0 Å². The molecule has 0 aliphatic carbocycles. The number of hydrogen-bond donors (Lipinski definition) is 2. The highest BCUT2D eigenvalue weighted by Crippen LogP contribution is 2.32. The van der Waals surface area contributed by atoms with Crippen LogP contribution in [0.25, 0.3) is 0 Å². The highest BCUT2D eigenvalue weighted by molar-refractivity contribution is 5.75. The third kappa shape index (κ3) is 5.02. The molecule has 1 rings (SSSR count). The zero-order valence-corrected chi connectivity index (χ0v) is 12.2. The number of nitrogens with zero attached hydrogens (tertiary/aromatic N) is 2. The molecule has 7 nitrogen and oxygen atoms in total. The predicted octanol–water partition coefficient (Wildman–Crippen LogP) is 1.63. The summed E-state index contributed by atoms with van der Waals surface area (Å²) in [5.74, 6) is 0. The first-order valence-corrected chi connectivity index (χ1v) is 6.47. The standard InChI is InChI=1S/C13H22N4O3/c1-14-11-5-4-6-12(13(11)17(18)19)15-7-9-20-10-8-16(2)3/h4-6,14-15H,7-10H2,1-3H3. The minimum absolute atomic E-state index is 0.0586. The van der Waals surface area contributed by atoms with Crippen LogP contribution in [0.2, 0.25) is 0 Å². The minimum atomic E-state index is -0.388. The number of nitrogens with one attached hydrogen (secondary N) is 2. The number of nitro groups is 1. The Labute approximate surface area is 119 Å². The Morgan fingerprint density at radius 3 is 2.60 bits per heavy atom. The van der Waals surface area contributed by atoms with E-state index in [2.05, 4.69) is 10.6 Å². The third-order valence-corrected chi connectivity index (χ3v) is 2.73. The van der Waals surface area contributed by atoms with Gasteiger partial charge in [0.15, 0.2) is 0 Å². The number of rotatable bonds is 9. The van der Waals surface area contributed by atoms with Crippen molar-refractivity contribution >= 4 is 17.1 Å². The third-order valence-electron chi connectivity index (χ3n) is 2.73. The molecule has 0 bridgehead atoms. The normalized spacial score (nSPS) is 10.6. The van der Waals surface area contributed by atoms with Crippen LogP contribution in [-0.4, -0.2) is 57.3 Å². The van der Waals surface area contributed by atoms with Crippen LogP contribution in [0.4, 0.5) is 17.1 Å². The van der Waals surface area contributed by atoms with Gasteiger partial charge in [0.1, 0.15) is 11.4 Å². The van der Waals surface area contributed by atoms with Gasteiger partial charge in [-0.1, -0.05) is 6.07 Å². The van der Waals surface area contributed by atoms with E-state index >= 15 is 0 Å². The van der Waals surface area contributed by atoms with Crippen molar-refractivity contribution in [1.29, 1.82) is 0 Å². The molecule has 1 aromatic carbocycles. The molecule has 0 saturated carbocycles. The summed E-state index contributed by atoms with van der Waals surface area (Å²) in [6.07, 6.45) is 0. The number of nitro benzene ring substituents is 1. The van der Waals surface area contributed by atoms with Gasteiger partial charge in [0.05, 0.1) is 18.1 Å². The van der Waals surface area contributed by atoms with Gasteiger partial charge in [-0.15, -0.1) is 0 Å². The van der Waals surface area contributed by atoms with E-state index < -0.39 is 0 Å². The van der Waals surface area contributed by atoms with Crippen LogP contribution in [0.5, 0.6) is 0 Å². The average Bonchev–Trinajstić information content (AvgIpc) is 2.41. The molecule has 1 aromatic rings. The lowest BCUT2D eigenvalue weighted by Gasteiger charge is -2.12. The Bertz CT molecular complexity index is 438. The van der Waals surface area contributed by atoms with Crippen LogP contribution in [0, 0.1) is 10.1 Å². The molecule has 0 amide bonds. The van der Waals surface area contributed by atoms with E-state index in [0.717, 1.165) is 6.54 Å². The smallest absolute Gasteiger partial charge is 0.315 e. The fourth-order valence-electron chi connectivity index (χ4n) is 1.69. The number of ether oxygens (including phenoxy) is 1. The van der Waals surface area contributed by atoms with Gasteiger partial charge in [-0.05, 0) is 26.2 Å². The van der Waals surface area contributed by atoms with Gasteiger partial charge in [-0.2, -0.15) is 0 Å². The van der Waals surface area contributed by atoms with E-state index in [0.29, 0.717) is 31.1 Å². The quantitative estimate of drug-likeness (QED) is 0.407. The summed E-state index contributed by atoms with van der Waals surface area (Å²) in [5, 5.41) is 17.0. The first kappa shape index (κ1) is 16.2. The van der Waals surface area contributed by atoms with Gasteiger partial charge in [0, 0.05) is 20.1 Å². The van der Waals surface area contributed by atoms with Gasteiger partial charge >= 0.3 is 5.69 Å². The Kier molecular flexibility index (Phi) is 6.75. The van der Waals surface area contributed by atoms with Crippen molar-refractivity contribution in [3.63, 3.8) is 0 Å². The molecule has 0 unspecified atom stereocenters. The lowest BCUT2D eigenvalue weighted by molar-refractivity contribution is -0.383. The SMILES string of the molecule is CNc1cccc(NCCOCCN(C)C)c1[N+](=O)[O-]. The first-order valence-electron chi connectivity index (χ1n) is 6.47. The second kappa shape index (κ2) is 8.34. The van der Waals surface area contributed by atoms with Gasteiger partial charge in [0.2, 0.25) is 0 Å². The molecule has 7 heteroatoms. The van der Waals surface area contributed by atoms with Crippen LogP contribution in [0.15, 0.2) is 18.2 Å². The second-order valence-corrected chi connectivity index (χ2v) is 4.55. The topological polar surface area (TPSA) is 79.7 Å². The molecule has 0 aromatic heterocycles. The maximum Gasteiger partial charge on any atom is 0.315 e. The van der Waals surface area contributed by atoms with Crippen molar-refractivity contribution in [1.82, 2.24) is 4.90 Å². The second-order valence-electron chi connectivity index (χ2n) is 4.55. The summed E-state index contributed by atoms with van der Waals surface area (Å²) in [6.45, 7) is 2.54. The Morgan fingerprint density at radius 1 is 1.30 bits per heavy atom. The molecule has 2 N–H and O–H groups in total. The number of anilines is 2. The lowest BCUT2D eigenvalue weighted by Crippen LogP contribution is -2.20. The maximum atomic E-state index is 11.1. The summed E-state index contributed by atoms with van der Waals surface area (Å²) in [5.41, 5.74) is 1.05. The van der Waals surface area contributed by atoms with Crippen molar-refractivity contribution in [2.24, 2.45) is 0 Å². The Morgan fingerprint density at radius 2 is 2.00 bits per heavy atom. The van der Waals surface area contributed by atoms with Gasteiger partial charge < -0.3 is 20.3 Å². The van der Waals surface area contributed by atoms with E-state index in [-0.39, 0.29) is 10.6 Å². The van der Waals surface area contributed by atoms with Crippen LogP contribution < -0.4 is 10.6 Å². The summed E-state index contributed by atoms with van der Waals surface area (Å²) in [7, 11) is 5.62. The molecule has 0 saturated heterocycles. The monoisotopic (exact) mass is 282 g/mol. The highest BCUT2D eigenvalue weighted by atomic mass is 16.6. The number of para-hydroxylation sites is 1. The molecular formula is C13H22N4O3. The number of benzene rings is 1. The van der Waals surface area contributed by atoms with Crippen LogP contribution in [0.3, 0.4) is 0 Å². The van der Waals surface area contributed by atoms with E-state index in [9.17, 15) is 10.1 Å². The molecular weight excluding hydrogens is 260 g/mol. The van der Waals surface area contributed by atoms with Crippen molar-refractivity contribution in [3.05, 3.63) is 28.3 Å². The molecule has 0 heterocycles. The first-order chi connectivity index (χ1) is 9.56. The largest absolute Gasteiger partial charge is 0.382 e. The van der Waals surface area contributed by atoms with Crippen LogP contribution in [0.1, 0.15) is 0 Å². The molecule has 0 fully saturated rings. The summed E-state index contributed by atoms with van der Waals surface area (Å²) >= 11 is 0. The molecule has 0 spiro atoms. The zero-order chi connectivity index (χ0) is 15.0. The summed E-state index contributed by atoms with van der Waals surface area (Å²) < 4.78 is 5.43. The lowest BCUT2D eigenvalue weighted by atomic mass is 10.2. The van der Waals surface area contributed by atoms with Crippen molar-refractivity contribution in [3.8, 4) is 0 Å². The molecule has 112 valence electrons. The van der Waals surface area contributed by atoms with Crippen LogP contribution in [-0.2, 0) is 4.74 Å². The number of hydrogen-bond acceptors (Lipinski definition) is 6. The summed E-state index contributed by atoms with van der Waals surface area (Å²) in [6, 6.07) is 5.14. The van der Waals surface area contributed by atoms with Crippen molar-refractivity contribution in [2.45, 2.75) is 0 Å². The van der Waals surface area contributed by atoms with Crippen molar-refractivity contribution < 1.29 is 9.66 Å². The molecule has 0 aliphatic rings. The van der Waals surface area contributed by atoms with E-state index in [1.54, 1.807) is 25.2 Å². The fraction of sp³-hybridized carbons (Fsp3) is 0.538. The van der Waals surface area contributed by atoms with E-state index in [1.807, 2.05) is 19.0 Å². The van der Waals surface area contributed by atoms with E-state index in [4.69, 9.17) is 4.74 Å². The Balaban J connectivity index is 2.49. The Hall–Kier alpha value is -1.86. The zero-order valence-electron chi connectivity index (χ0n) is 12.2. The van der Waals surface area contributed by atoms with Crippen molar-refractivity contribution in [2.75, 3.05) is 58.1 Å². The highest BCUT2D eigenvalue weighted by Gasteiger charge is 2.18. The minimum Gasteiger partial charge on any atom is -0.382 e. The molecule has 0 radical (unpaired) electrons. The fourth-order valence-corrected chi connectivity index (χ4v) is 1.69. The molecule has 20 heavy (non-hydrogen) atoms. The summed E-state index contributed by atoms with van der Waals surface area (Å²) in [4.78, 5) is 12.7.